The van der Waals surface area contributed by atoms with E-state index in [9.17, 15) is 4.39 Å². The molecule has 20 heavy (non-hydrogen) atoms. The van der Waals surface area contributed by atoms with Crippen LogP contribution in [0.1, 0.15) is 16.7 Å². The number of nitrogens with two attached hydrogens (primary N) is 1. The summed E-state index contributed by atoms with van der Waals surface area (Å²) in [4.78, 5) is 0. The predicted octanol–water partition coefficient (Wildman–Crippen LogP) is 3.98. The fourth-order valence-electron chi connectivity index (χ4n) is 2.01. The topological polar surface area (TPSA) is 35.2 Å². The van der Waals surface area contributed by atoms with Crippen LogP contribution in [0.5, 0.6) is 5.75 Å². The lowest BCUT2D eigenvalue weighted by atomic mass is 10.1. The van der Waals surface area contributed by atoms with Gasteiger partial charge in [-0.2, -0.15) is 0 Å². The van der Waals surface area contributed by atoms with Crippen LogP contribution in [0.4, 0.5) is 4.39 Å². The lowest BCUT2D eigenvalue weighted by Gasteiger charge is -2.12. The molecule has 2 aromatic rings. The van der Waals surface area contributed by atoms with E-state index < -0.39 is 0 Å². The van der Waals surface area contributed by atoms with E-state index in [1.807, 2.05) is 19.1 Å². The zero-order valence-corrected chi connectivity index (χ0v) is 12.9. The van der Waals surface area contributed by atoms with Crippen molar-refractivity contribution >= 4 is 15.9 Å². The van der Waals surface area contributed by atoms with Gasteiger partial charge < -0.3 is 10.5 Å². The predicted molar refractivity (Wildman–Crippen MR) is 82.4 cm³/mol. The van der Waals surface area contributed by atoms with Crippen LogP contribution in [-0.4, -0.2) is 6.54 Å². The normalized spacial score (nSPS) is 10.6. The molecule has 0 saturated carbocycles. The van der Waals surface area contributed by atoms with Crippen LogP contribution in [0.25, 0.3) is 0 Å². The second-order valence-electron chi connectivity index (χ2n) is 4.67. The Morgan fingerprint density at radius 1 is 1.15 bits per heavy atom. The van der Waals surface area contributed by atoms with Crippen LogP contribution in [-0.2, 0) is 13.0 Å². The van der Waals surface area contributed by atoms with Gasteiger partial charge in [0.15, 0.2) is 0 Å². The Kier molecular flexibility index (Phi) is 5.15. The Balaban J connectivity index is 2.16. The van der Waals surface area contributed by atoms with Crippen molar-refractivity contribution in [2.75, 3.05) is 6.54 Å². The van der Waals surface area contributed by atoms with Crippen molar-refractivity contribution in [2.45, 2.75) is 20.0 Å². The first-order valence-corrected chi connectivity index (χ1v) is 7.26. The molecule has 2 rings (SSSR count). The molecule has 0 heterocycles. The van der Waals surface area contributed by atoms with E-state index in [0.717, 1.165) is 27.8 Å². The minimum absolute atomic E-state index is 0.200. The van der Waals surface area contributed by atoms with Crippen LogP contribution >= 0.6 is 15.9 Å². The molecule has 0 radical (unpaired) electrons. The summed E-state index contributed by atoms with van der Waals surface area (Å²) >= 11 is 3.33. The van der Waals surface area contributed by atoms with Crippen LogP contribution in [0.2, 0.25) is 0 Å². The van der Waals surface area contributed by atoms with E-state index in [1.165, 1.54) is 6.07 Å². The smallest absolute Gasteiger partial charge is 0.129 e. The van der Waals surface area contributed by atoms with Gasteiger partial charge >= 0.3 is 0 Å². The van der Waals surface area contributed by atoms with Gasteiger partial charge in [-0.05, 0) is 49.7 Å². The number of benzene rings is 2. The van der Waals surface area contributed by atoms with Gasteiger partial charge in [-0.15, -0.1) is 0 Å². The van der Waals surface area contributed by atoms with Crippen LogP contribution in [0, 0.1) is 12.7 Å². The highest BCUT2D eigenvalue weighted by molar-refractivity contribution is 9.10. The third-order valence-corrected chi connectivity index (χ3v) is 3.51. The SMILES string of the molecule is Cc1ccc(OCc2cc(Br)ccc2F)c(CCN)c1. The standard InChI is InChI=1S/C16H17BrFNO/c1-11-2-5-16(12(8-11)6-7-19)20-10-13-9-14(17)3-4-15(13)18/h2-5,8-9H,6-7,10,19H2,1H3. The molecule has 2 N–H and O–H groups in total. The maximum absolute atomic E-state index is 13.7. The molecule has 2 nitrogen and oxygen atoms in total. The molecule has 0 bridgehead atoms. The third-order valence-electron chi connectivity index (χ3n) is 3.02. The molecule has 0 atom stereocenters. The van der Waals surface area contributed by atoms with Crippen LogP contribution in [0.3, 0.4) is 0 Å². The molecule has 0 fully saturated rings. The van der Waals surface area contributed by atoms with Crippen molar-refractivity contribution in [1.82, 2.24) is 0 Å². The average Bonchev–Trinajstić information content (AvgIpc) is 2.42. The number of aryl methyl sites for hydroxylation is 1. The fourth-order valence-corrected chi connectivity index (χ4v) is 2.42. The average molecular weight is 338 g/mol. The molecule has 0 aliphatic carbocycles. The van der Waals surface area contributed by atoms with Gasteiger partial charge in [0.1, 0.15) is 18.2 Å². The van der Waals surface area contributed by atoms with E-state index in [0.29, 0.717) is 12.1 Å². The quantitative estimate of drug-likeness (QED) is 0.895. The summed E-state index contributed by atoms with van der Waals surface area (Å²) in [6, 6.07) is 10.8. The maximum Gasteiger partial charge on any atom is 0.129 e. The summed E-state index contributed by atoms with van der Waals surface area (Å²) in [6.45, 7) is 2.79. The summed E-state index contributed by atoms with van der Waals surface area (Å²) in [7, 11) is 0. The molecule has 0 spiro atoms. The molecular formula is C16H17BrFNO. The summed E-state index contributed by atoms with van der Waals surface area (Å²) in [5.74, 6) is 0.501. The van der Waals surface area contributed by atoms with E-state index >= 15 is 0 Å². The number of hydrogen-bond donors (Lipinski definition) is 1. The Morgan fingerprint density at radius 3 is 2.70 bits per heavy atom. The summed E-state index contributed by atoms with van der Waals surface area (Å²) in [5.41, 5.74) is 8.36. The highest BCUT2D eigenvalue weighted by Crippen LogP contribution is 2.23. The number of hydrogen-bond acceptors (Lipinski definition) is 2. The molecule has 0 aliphatic rings. The molecule has 0 aliphatic heterocycles. The Morgan fingerprint density at radius 2 is 1.95 bits per heavy atom. The van der Waals surface area contributed by atoms with Gasteiger partial charge in [0.05, 0.1) is 0 Å². The molecular weight excluding hydrogens is 321 g/mol. The first-order chi connectivity index (χ1) is 9.60. The first-order valence-electron chi connectivity index (χ1n) is 6.46. The van der Waals surface area contributed by atoms with Gasteiger partial charge in [-0.1, -0.05) is 33.6 Å². The summed E-state index contributed by atoms with van der Waals surface area (Å²) < 4.78 is 20.3. The molecule has 0 saturated heterocycles. The zero-order valence-electron chi connectivity index (χ0n) is 11.3. The second-order valence-corrected chi connectivity index (χ2v) is 5.59. The second kappa shape index (κ2) is 6.86. The highest BCUT2D eigenvalue weighted by Gasteiger charge is 2.07. The number of rotatable bonds is 5. The largest absolute Gasteiger partial charge is 0.489 e. The molecule has 0 amide bonds. The molecule has 0 aromatic heterocycles. The van der Waals surface area contributed by atoms with Crippen molar-refractivity contribution in [3.8, 4) is 5.75 Å². The molecule has 4 heteroatoms. The minimum Gasteiger partial charge on any atom is -0.489 e. The van der Waals surface area contributed by atoms with Crippen molar-refractivity contribution in [3.05, 3.63) is 63.4 Å². The van der Waals surface area contributed by atoms with Crippen LogP contribution in [0.15, 0.2) is 40.9 Å². The van der Waals surface area contributed by atoms with Crippen LogP contribution < -0.4 is 10.5 Å². The number of ether oxygens (including phenoxy) is 1. The third kappa shape index (κ3) is 3.81. The Labute approximate surface area is 126 Å². The van der Waals surface area contributed by atoms with E-state index in [4.69, 9.17) is 10.5 Å². The Hall–Kier alpha value is -1.39. The Bertz CT molecular complexity index is 601. The van der Waals surface area contributed by atoms with Crippen molar-refractivity contribution in [1.29, 1.82) is 0 Å². The van der Waals surface area contributed by atoms with Gasteiger partial charge in [0, 0.05) is 10.0 Å². The monoisotopic (exact) mass is 337 g/mol. The first kappa shape index (κ1) is 15.0. The maximum atomic E-state index is 13.7. The van der Waals surface area contributed by atoms with Crippen molar-refractivity contribution in [2.24, 2.45) is 5.73 Å². The zero-order chi connectivity index (χ0) is 14.5. The van der Waals surface area contributed by atoms with Gasteiger partial charge in [-0.25, -0.2) is 4.39 Å². The van der Waals surface area contributed by atoms with Crippen molar-refractivity contribution < 1.29 is 9.13 Å². The van der Waals surface area contributed by atoms with Gasteiger partial charge in [0.2, 0.25) is 0 Å². The molecule has 106 valence electrons. The fraction of sp³-hybridized carbons (Fsp3) is 0.250. The highest BCUT2D eigenvalue weighted by atomic mass is 79.9. The lowest BCUT2D eigenvalue weighted by Crippen LogP contribution is -2.06. The van der Waals surface area contributed by atoms with Gasteiger partial charge in [-0.3, -0.25) is 0 Å². The summed E-state index contributed by atoms with van der Waals surface area (Å²) in [6.07, 6.45) is 0.748. The molecule has 0 unspecified atom stereocenters. The van der Waals surface area contributed by atoms with E-state index in [-0.39, 0.29) is 12.4 Å². The van der Waals surface area contributed by atoms with Crippen molar-refractivity contribution in [3.63, 3.8) is 0 Å². The minimum atomic E-state index is -0.263. The van der Waals surface area contributed by atoms with E-state index in [1.54, 1.807) is 12.1 Å². The van der Waals surface area contributed by atoms with Gasteiger partial charge in [0.25, 0.3) is 0 Å². The number of halogens is 2. The molecule has 2 aromatic carbocycles. The van der Waals surface area contributed by atoms with E-state index in [2.05, 4.69) is 22.0 Å². The summed E-state index contributed by atoms with van der Waals surface area (Å²) in [5, 5.41) is 0. The lowest BCUT2D eigenvalue weighted by molar-refractivity contribution is 0.296.